The summed E-state index contributed by atoms with van der Waals surface area (Å²) in [6, 6.07) is 18.2. The van der Waals surface area contributed by atoms with Gasteiger partial charge in [-0.05, 0) is 35.4 Å². The molecule has 0 unspecified atom stereocenters. The Morgan fingerprint density at radius 3 is 2.38 bits per heavy atom. The van der Waals surface area contributed by atoms with Crippen molar-refractivity contribution in [2.24, 2.45) is 0 Å². The van der Waals surface area contributed by atoms with E-state index in [1.165, 1.54) is 38.5 Å². The Morgan fingerprint density at radius 1 is 0.971 bits per heavy atom. The van der Waals surface area contributed by atoms with E-state index in [0.717, 1.165) is 0 Å². The van der Waals surface area contributed by atoms with Crippen molar-refractivity contribution in [3.63, 3.8) is 0 Å². The van der Waals surface area contributed by atoms with Crippen LogP contribution in [0.5, 0.6) is 11.5 Å². The van der Waals surface area contributed by atoms with E-state index in [-0.39, 0.29) is 11.3 Å². The number of aromatic nitrogens is 1. The minimum absolute atomic E-state index is 0.101. The minimum atomic E-state index is -0.581. The number of carbonyl (C=O) groups is 1. The van der Waals surface area contributed by atoms with Gasteiger partial charge in [0.2, 0.25) is 0 Å². The number of pyridine rings is 1. The Kier molecular flexibility index (Phi) is 6.22. The Bertz CT molecular complexity index is 1490. The zero-order valence-electron chi connectivity index (χ0n) is 18.4. The fraction of sp³-hybridized carbons (Fsp3) is 0.0769. The number of ether oxygens (including phenoxy) is 2. The number of nitrogens with zero attached hydrogens (tertiary/aromatic N) is 1. The van der Waals surface area contributed by atoms with E-state index in [9.17, 15) is 19.7 Å². The van der Waals surface area contributed by atoms with Crippen LogP contribution in [0.4, 0.5) is 5.69 Å². The normalized spacial score (nSPS) is 11.0. The molecule has 0 aliphatic rings. The fourth-order valence-corrected chi connectivity index (χ4v) is 3.75. The van der Waals surface area contributed by atoms with Crippen molar-refractivity contribution < 1.29 is 19.2 Å². The zero-order valence-corrected chi connectivity index (χ0v) is 18.4. The van der Waals surface area contributed by atoms with Crippen LogP contribution in [0.25, 0.3) is 28.1 Å². The molecule has 4 aromatic rings. The molecule has 8 heteroatoms. The molecule has 0 bridgehead atoms. The van der Waals surface area contributed by atoms with Gasteiger partial charge in [-0.1, -0.05) is 42.5 Å². The third-order valence-electron chi connectivity index (χ3n) is 5.35. The number of benzene rings is 3. The van der Waals surface area contributed by atoms with Gasteiger partial charge in [-0.15, -0.1) is 0 Å². The van der Waals surface area contributed by atoms with Gasteiger partial charge in [0.15, 0.2) is 17.3 Å². The van der Waals surface area contributed by atoms with Crippen molar-refractivity contribution in [1.29, 1.82) is 0 Å². The summed E-state index contributed by atoms with van der Waals surface area (Å²) in [5.41, 5.74) is 1.18. The van der Waals surface area contributed by atoms with E-state index in [0.29, 0.717) is 39.1 Å². The summed E-state index contributed by atoms with van der Waals surface area (Å²) in [6.07, 6.45) is 2.86. The average Bonchev–Trinajstić information content (AvgIpc) is 2.86. The van der Waals surface area contributed by atoms with Crippen molar-refractivity contribution in [3.05, 3.63) is 104 Å². The lowest BCUT2D eigenvalue weighted by atomic mass is 9.93. The van der Waals surface area contributed by atoms with Crippen LogP contribution in [0.15, 0.2) is 77.6 Å². The summed E-state index contributed by atoms with van der Waals surface area (Å²) in [5, 5.41) is 11.8. The maximum atomic E-state index is 13.3. The first-order valence-electron chi connectivity index (χ1n) is 10.3. The standard InChI is InChI=1S/C26H20N2O6/c1-33-22-13-9-16(14-23(22)34-2)8-12-21(29)25-24(17-6-4-3-5-7-17)19-15-18(28(31)32)10-11-20(19)27-26(25)30/h3-15H,1-2H3,(H,27,30). The van der Waals surface area contributed by atoms with Gasteiger partial charge in [0.25, 0.3) is 11.2 Å². The van der Waals surface area contributed by atoms with Crippen molar-refractivity contribution in [1.82, 2.24) is 4.98 Å². The Balaban J connectivity index is 1.88. The molecule has 0 spiro atoms. The first-order chi connectivity index (χ1) is 16.4. The number of rotatable bonds is 7. The lowest BCUT2D eigenvalue weighted by molar-refractivity contribution is -0.384. The molecule has 4 rings (SSSR count). The number of H-pyrrole nitrogens is 1. The molecule has 1 N–H and O–H groups in total. The Hall–Kier alpha value is -4.72. The van der Waals surface area contributed by atoms with Gasteiger partial charge in [0, 0.05) is 28.6 Å². The molecule has 1 aromatic heterocycles. The predicted octanol–water partition coefficient (Wildman–Crippen LogP) is 5.02. The molecular formula is C26H20N2O6. The molecule has 8 nitrogen and oxygen atoms in total. The second kappa shape index (κ2) is 9.41. The van der Waals surface area contributed by atoms with Gasteiger partial charge in [-0.2, -0.15) is 0 Å². The molecular weight excluding hydrogens is 436 g/mol. The second-order valence-corrected chi connectivity index (χ2v) is 7.37. The molecule has 0 radical (unpaired) electrons. The van der Waals surface area contributed by atoms with Crippen LogP contribution in [-0.4, -0.2) is 29.9 Å². The van der Waals surface area contributed by atoms with Gasteiger partial charge in [-0.25, -0.2) is 0 Å². The largest absolute Gasteiger partial charge is 0.493 e. The summed E-state index contributed by atoms with van der Waals surface area (Å²) in [4.78, 5) is 39.8. The molecule has 0 saturated carbocycles. The van der Waals surface area contributed by atoms with E-state index < -0.39 is 16.3 Å². The van der Waals surface area contributed by atoms with Crippen LogP contribution in [0.2, 0.25) is 0 Å². The van der Waals surface area contributed by atoms with Crippen molar-refractivity contribution >= 4 is 28.4 Å². The topological polar surface area (TPSA) is 112 Å². The highest BCUT2D eigenvalue weighted by molar-refractivity contribution is 6.15. The number of methoxy groups -OCH3 is 2. The van der Waals surface area contributed by atoms with Gasteiger partial charge in [0.05, 0.1) is 24.7 Å². The highest BCUT2D eigenvalue weighted by Gasteiger charge is 2.21. The predicted molar refractivity (Wildman–Crippen MR) is 130 cm³/mol. The summed E-state index contributed by atoms with van der Waals surface area (Å²) >= 11 is 0. The maximum Gasteiger partial charge on any atom is 0.270 e. The average molecular weight is 456 g/mol. The lowest BCUT2D eigenvalue weighted by Gasteiger charge is -2.11. The number of fused-ring (bicyclic) bond motifs is 1. The smallest absolute Gasteiger partial charge is 0.270 e. The Labute approximate surface area is 194 Å². The molecule has 0 saturated heterocycles. The van der Waals surface area contributed by atoms with Gasteiger partial charge in [0.1, 0.15) is 0 Å². The molecule has 0 aliphatic carbocycles. The van der Waals surface area contributed by atoms with Crippen molar-refractivity contribution in [2.75, 3.05) is 14.2 Å². The Morgan fingerprint density at radius 2 is 1.71 bits per heavy atom. The number of ketones is 1. The van der Waals surface area contributed by atoms with Crippen molar-refractivity contribution in [2.45, 2.75) is 0 Å². The number of nitrogens with one attached hydrogen (secondary N) is 1. The minimum Gasteiger partial charge on any atom is -0.493 e. The van der Waals surface area contributed by atoms with Crippen LogP contribution in [0, 0.1) is 10.1 Å². The lowest BCUT2D eigenvalue weighted by Crippen LogP contribution is -2.18. The number of allylic oxidation sites excluding steroid dienone is 1. The first kappa shape index (κ1) is 22.5. The fourth-order valence-electron chi connectivity index (χ4n) is 3.75. The molecule has 0 fully saturated rings. The second-order valence-electron chi connectivity index (χ2n) is 7.37. The highest BCUT2D eigenvalue weighted by Crippen LogP contribution is 2.32. The van der Waals surface area contributed by atoms with Gasteiger partial charge in [-0.3, -0.25) is 19.7 Å². The summed E-state index contributed by atoms with van der Waals surface area (Å²) in [6.45, 7) is 0. The summed E-state index contributed by atoms with van der Waals surface area (Å²) in [7, 11) is 3.04. The van der Waals surface area contributed by atoms with Crippen LogP contribution in [0.1, 0.15) is 15.9 Å². The summed E-state index contributed by atoms with van der Waals surface area (Å²) < 4.78 is 10.5. The number of nitro groups is 1. The molecule has 34 heavy (non-hydrogen) atoms. The summed E-state index contributed by atoms with van der Waals surface area (Å²) in [5.74, 6) is 0.506. The molecule has 170 valence electrons. The number of hydrogen-bond acceptors (Lipinski definition) is 6. The number of hydrogen-bond donors (Lipinski definition) is 1. The molecule has 0 atom stereocenters. The number of carbonyl (C=O) groups excluding carboxylic acids is 1. The highest BCUT2D eigenvalue weighted by atomic mass is 16.6. The monoisotopic (exact) mass is 456 g/mol. The first-order valence-corrected chi connectivity index (χ1v) is 10.3. The van der Waals surface area contributed by atoms with Crippen LogP contribution in [-0.2, 0) is 0 Å². The van der Waals surface area contributed by atoms with Gasteiger partial charge < -0.3 is 14.5 Å². The maximum absolute atomic E-state index is 13.3. The quantitative estimate of drug-likeness (QED) is 0.181. The molecule has 0 amide bonds. The van der Waals surface area contributed by atoms with Crippen molar-refractivity contribution in [3.8, 4) is 22.6 Å². The number of aromatic amines is 1. The van der Waals surface area contributed by atoms with E-state index >= 15 is 0 Å². The number of nitro benzene ring substituents is 1. The molecule has 3 aromatic carbocycles. The van der Waals surface area contributed by atoms with Gasteiger partial charge >= 0.3 is 0 Å². The zero-order chi connectivity index (χ0) is 24.2. The van der Waals surface area contributed by atoms with Crippen LogP contribution < -0.4 is 15.0 Å². The van der Waals surface area contributed by atoms with E-state index in [4.69, 9.17) is 9.47 Å². The SMILES string of the molecule is COc1ccc(C=CC(=O)c2c(-c3ccccc3)c3cc([N+](=O)[O-])ccc3[nH]c2=O)cc1OC. The van der Waals surface area contributed by atoms with E-state index in [2.05, 4.69) is 4.98 Å². The van der Waals surface area contributed by atoms with Crippen LogP contribution in [0.3, 0.4) is 0 Å². The van der Waals surface area contributed by atoms with E-state index in [1.807, 2.05) is 0 Å². The third-order valence-corrected chi connectivity index (χ3v) is 5.35. The third kappa shape index (κ3) is 4.29. The number of non-ortho nitro benzene ring substituents is 1. The van der Waals surface area contributed by atoms with Crippen LogP contribution >= 0.6 is 0 Å². The molecule has 0 aliphatic heterocycles. The van der Waals surface area contributed by atoms with E-state index in [1.54, 1.807) is 54.6 Å². The molecule has 1 heterocycles.